The zero-order valence-electron chi connectivity index (χ0n) is 13.1. The summed E-state index contributed by atoms with van der Waals surface area (Å²) in [4.78, 5) is 0.00862. The van der Waals surface area contributed by atoms with Gasteiger partial charge in [-0.3, -0.25) is 0 Å². The van der Waals surface area contributed by atoms with E-state index in [1.165, 1.54) is 10.4 Å². The zero-order valence-corrected chi connectivity index (χ0v) is 14.6. The molecule has 0 aromatic heterocycles. The second-order valence-corrected chi connectivity index (χ2v) is 7.92. The van der Waals surface area contributed by atoms with Gasteiger partial charge in [-0.05, 0) is 48.7 Å². The van der Waals surface area contributed by atoms with Crippen LogP contribution in [0.3, 0.4) is 0 Å². The van der Waals surface area contributed by atoms with Crippen molar-refractivity contribution in [1.82, 2.24) is 4.31 Å². The first-order chi connectivity index (χ1) is 11.4. The molecule has 0 N–H and O–H groups in total. The average molecular weight is 370 g/mol. The summed E-state index contributed by atoms with van der Waals surface area (Å²) in [6, 6.07) is 10.6. The van der Waals surface area contributed by atoms with Crippen molar-refractivity contribution in [2.75, 3.05) is 13.7 Å². The Labute approximate surface area is 145 Å². The normalized spacial score (nSPS) is 18.7. The van der Waals surface area contributed by atoms with E-state index in [0.717, 1.165) is 36.3 Å². The van der Waals surface area contributed by atoms with E-state index in [9.17, 15) is 12.8 Å². The van der Waals surface area contributed by atoms with Gasteiger partial charge in [-0.1, -0.05) is 23.7 Å². The number of rotatable bonds is 4. The Kier molecular flexibility index (Phi) is 4.80. The lowest BCUT2D eigenvalue weighted by molar-refractivity contribution is 0.394. The SMILES string of the molecule is COc1ccc(C2CCCN2S(=O)(=O)c2ccc(F)c(Cl)c2)cc1. The molecule has 1 saturated heterocycles. The van der Waals surface area contributed by atoms with E-state index >= 15 is 0 Å². The third-order valence-electron chi connectivity index (χ3n) is 4.20. The van der Waals surface area contributed by atoms with E-state index < -0.39 is 15.8 Å². The topological polar surface area (TPSA) is 46.6 Å². The molecule has 0 amide bonds. The van der Waals surface area contributed by atoms with E-state index in [1.807, 2.05) is 24.3 Å². The molecule has 1 aliphatic heterocycles. The molecule has 2 aromatic rings. The van der Waals surface area contributed by atoms with Gasteiger partial charge in [0.15, 0.2) is 0 Å². The van der Waals surface area contributed by atoms with Crippen molar-refractivity contribution in [3.63, 3.8) is 0 Å². The third-order valence-corrected chi connectivity index (χ3v) is 6.40. The minimum Gasteiger partial charge on any atom is -0.497 e. The first-order valence-electron chi connectivity index (χ1n) is 7.54. The molecule has 128 valence electrons. The van der Waals surface area contributed by atoms with Crippen molar-refractivity contribution >= 4 is 21.6 Å². The number of benzene rings is 2. The molecule has 1 atom stereocenters. The summed E-state index contributed by atoms with van der Waals surface area (Å²) in [6.07, 6.45) is 1.51. The Hall–Kier alpha value is -1.63. The highest BCUT2D eigenvalue weighted by atomic mass is 35.5. The molecule has 1 heterocycles. The van der Waals surface area contributed by atoms with E-state index in [0.29, 0.717) is 6.54 Å². The molecule has 0 bridgehead atoms. The molecule has 1 unspecified atom stereocenters. The summed E-state index contributed by atoms with van der Waals surface area (Å²) >= 11 is 5.74. The van der Waals surface area contributed by atoms with Crippen LogP contribution < -0.4 is 4.74 Å². The van der Waals surface area contributed by atoms with Gasteiger partial charge in [0, 0.05) is 6.54 Å². The minimum absolute atomic E-state index is 0.00862. The van der Waals surface area contributed by atoms with Gasteiger partial charge in [-0.15, -0.1) is 0 Å². The van der Waals surface area contributed by atoms with E-state index in [1.54, 1.807) is 7.11 Å². The molecular formula is C17H17ClFNO3S. The number of ether oxygens (including phenoxy) is 1. The van der Waals surface area contributed by atoms with Crippen LogP contribution in [0.15, 0.2) is 47.4 Å². The van der Waals surface area contributed by atoms with E-state index in [4.69, 9.17) is 16.3 Å². The molecule has 4 nitrogen and oxygen atoms in total. The second kappa shape index (κ2) is 6.70. The Morgan fingerprint density at radius 1 is 1.21 bits per heavy atom. The standard InChI is InChI=1S/C17H17ClFNO3S/c1-23-13-6-4-12(5-7-13)17-3-2-10-20(17)24(21,22)14-8-9-16(19)15(18)11-14/h4-9,11,17H,2-3,10H2,1H3. The van der Waals surface area contributed by atoms with Crippen molar-refractivity contribution in [1.29, 1.82) is 0 Å². The van der Waals surface area contributed by atoms with Crippen LogP contribution in [0.4, 0.5) is 4.39 Å². The van der Waals surface area contributed by atoms with Crippen LogP contribution in [0.2, 0.25) is 5.02 Å². The molecule has 7 heteroatoms. The molecule has 3 rings (SSSR count). The molecule has 1 fully saturated rings. The van der Waals surface area contributed by atoms with Gasteiger partial charge >= 0.3 is 0 Å². The van der Waals surface area contributed by atoms with Crippen molar-refractivity contribution in [2.45, 2.75) is 23.8 Å². The highest BCUT2D eigenvalue weighted by Crippen LogP contribution is 2.37. The molecular weight excluding hydrogens is 353 g/mol. The number of hydrogen-bond acceptors (Lipinski definition) is 3. The summed E-state index contributed by atoms with van der Waals surface area (Å²) in [6.45, 7) is 0.425. The van der Waals surface area contributed by atoms with Crippen LogP contribution >= 0.6 is 11.6 Å². The maximum atomic E-state index is 13.3. The number of hydrogen-bond donors (Lipinski definition) is 0. The number of nitrogens with zero attached hydrogens (tertiary/aromatic N) is 1. The molecule has 24 heavy (non-hydrogen) atoms. The summed E-state index contributed by atoms with van der Waals surface area (Å²) < 4.78 is 45.8. The van der Waals surface area contributed by atoms with Crippen LogP contribution in [-0.4, -0.2) is 26.4 Å². The number of sulfonamides is 1. The van der Waals surface area contributed by atoms with Crippen molar-refractivity contribution < 1.29 is 17.5 Å². The first kappa shape index (κ1) is 17.2. The van der Waals surface area contributed by atoms with Gasteiger partial charge in [-0.2, -0.15) is 4.31 Å². The summed E-state index contributed by atoms with van der Waals surface area (Å²) in [7, 11) is -2.16. The largest absolute Gasteiger partial charge is 0.497 e. The molecule has 2 aromatic carbocycles. The van der Waals surface area contributed by atoms with Crippen LogP contribution in [0.5, 0.6) is 5.75 Å². The zero-order chi connectivity index (χ0) is 17.3. The monoisotopic (exact) mass is 369 g/mol. The van der Waals surface area contributed by atoms with Crippen LogP contribution in [-0.2, 0) is 10.0 Å². The van der Waals surface area contributed by atoms with Gasteiger partial charge in [0.2, 0.25) is 10.0 Å². The Bertz CT molecular complexity index is 839. The fourth-order valence-corrected chi connectivity index (χ4v) is 4.91. The van der Waals surface area contributed by atoms with Gasteiger partial charge in [-0.25, -0.2) is 12.8 Å². The predicted octanol–water partition coefficient (Wildman–Crippen LogP) is 4.01. The Morgan fingerprint density at radius 3 is 2.54 bits per heavy atom. The highest BCUT2D eigenvalue weighted by molar-refractivity contribution is 7.89. The van der Waals surface area contributed by atoms with Crippen LogP contribution in [0.25, 0.3) is 0 Å². The quantitative estimate of drug-likeness (QED) is 0.817. The van der Waals surface area contributed by atoms with E-state index in [2.05, 4.69) is 0 Å². The Morgan fingerprint density at radius 2 is 1.92 bits per heavy atom. The number of halogens is 2. The van der Waals surface area contributed by atoms with Crippen molar-refractivity contribution in [3.05, 3.63) is 58.9 Å². The summed E-state index contributed by atoms with van der Waals surface area (Å²) in [5, 5.41) is -0.198. The van der Waals surface area contributed by atoms with Crippen LogP contribution in [0.1, 0.15) is 24.4 Å². The van der Waals surface area contributed by atoms with Gasteiger partial charge in [0.25, 0.3) is 0 Å². The third kappa shape index (κ3) is 3.14. The van der Waals surface area contributed by atoms with Gasteiger partial charge in [0.1, 0.15) is 11.6 Å². The molecule has 0 radical (unpaired) electrons. The second-order valence-electron chi connectivity index (χ2n) is 5.62. The number of methoxy groups -OCH3 is 1. The Balaban J connectivity index is 1.94. The van der Waals surface area contributed by atoms with Crippen LogP contribution in [0, 0.1) is 5.82 Å². The first-order valence-corrected chi connectivity index (χ1v) is 9.36. The lowest BCUT2D eigenvalue weighted by atomic mass is 10.1. The summed E-state index contributed by atoms with van der Waals surface area (Å²) in [5.74, 6) is 0.0835. The fourth-order valence-electron chi connectivity index (χ4n) is 2.96. The maximum Gasteiger partial charge on any atom is 0.243 e. The molecule has 0 spiro atoms. The lowest BCUT2D eigenvalue weighted by Crippen LogP contribution is -2.30. The highest BCUT2D eigenvalue weighted by Gasteiger charge is 2.36. The molecule has 0 saturated carbocycles. The predicted molar refractivity (Wildman–Crippen MR) is 90.3 cm³/mol. The smallest absolute Gasteiger partial charge is 0.243 e. The maximum absolute atomic E-state index is 13.3. The average Bonchev–Trinajstić information content (AvgIpc) is 3.08. The van der Waals surface area contributed by atoms with Gasteiger partial charge < -0.3 is 4.74 Å². The minimum atomic E-state index is -3.74. The molecule has 0 aliphatic carbocycles. The van der Waals surface area contributed by atoms with E-state index in [-0.39, 0.29) is 16.0 Å². The fraction of sp³-hybridized carbons (Fsp3) is 0.294. The lowest BCUT2D eigenvalue weighted by Gasteiger charge is -2.24. The van der Waals surface area contributed by atoms with Gasteiger partial charge in [0.05, 0.1) is 23.1 Å². The van der Waals surface area contributed by atoms with Crippen molar-refractivity contribution in [2.24, 2.45) is 0 Å². The molecule has 1 aliphatic rings. The van der Waals surface area contributed by atoms with Crippen molar-refractivity contribution in [3.8, 4) is 5.75 Å². The summed E-state index contributed by atoms with van der Waals surface area (Å²) in [5.41, 5.74) is 0.907.